The number of carboxylic acid groups (broad SMARTS) is 2. The summed E-state index contributed by atoms with van der Waals surface area (Å²) in [6, 6.07) is 2.87. The zero-order valence-corrected chi connectivity index (χ0v) is 13.0. The number of benzene rings is 1. The Morgan fingerprint density at radius 3 is 2.09 bits per heavy atom. The van der Waals surface area contributed by atoms with E-state index >= 15 is 0 Å². The number of hydrogen-bond acceptors (Lipinski definition) is 6. The van der Waals surface area contributed by atoms with Gasteiger partial charge in [-0.2, -0.15) is 0 Å². The summed E-state index contributed by atoms with van der Waals surface area (Å²) in [5.41, 5.74) is 0.628. The molecular formula is C14H12N2O4S2. The number of thiocarbonyl (C=S) groups is 2. The fourth-order valence-corrected chi connectivity index (χ4v) is 2.25. The molecule has 0 atom stereocenters. The maximum atomic E-state index is 11.5. The van der Waals surface area contributed by atoms with Crippen molar-refractivity contribution in [3.63, 3.8) is 0 Å². The van der Waals surface area contributed by atoms with Crippen molar-refractivity contribution in [2.75, 3.05) is 13.1 Å². The van der Waals surface area contributed by atoms with Crippen LogP contribution >= 0.6 is 24.4 Å². The first-order chi connectivity index (χ1) is 10.5. The van der Waals surface area contributed by atoms with Gasteiger partial charge in [-0.05, 0) is 54.5 Å². The fraction of sp³-hybridized carbons (Fsp3) is 0.286. The quantitative estimate of drug-likeness (QED) is 0.558. The molecule has 0 aromatic heterocycles. The third kappa shape index (κ3) is 4.65. The molecule has 0 radical (unpaired) electrons. The maximum absolute atomic E-state index is 11.5. The third-order valence-corrected chi connectivity index (χ3v) is 3.21. The van der Waals surface area contributed by atoms with Crippen molar-refractivity contribution in [1.29, 1.82) is 0 Å². The summed E-state index contributed by atoms with van der Waals surface area (Å²) >= 11 is 8.96. The highest BCUT2D eigenvalue weighted by atomic mass is 32.1. The van der Waals surface area contributed by atoms with E-state index < -0.39 is 11.9 Å². The van der Waals surface area contributed by atoms with Crippen molar-refractivity contribution in [1.82, 2.24) is 0 Å². The van der Waals surface area contributed by atoms with Crippen LogP contribution in [0.5, 0.6) is 0 Å². The van der Waals surface area contributed by atoms with E-state index in [1.54, 1.807) is 6.07 Å². The highest BCUT2D eigenvalue weighted by Gasteiger charge is 2.22. The number of carbonyl (C=O) groups is 2. The van der Waals surface area contributed by atoms with E-state index in [1.807, 2.05) is 0 Å². The van der Waals surface area contributed by atoms with Gasteiger partial charge in [0.1, 0.15) is 0 Å². The Morgan fingerprint density at radius 1 is 1.00 bits per heavy atom. The van der Waals surface area contributed by atoms with Gasteiger partial charge in [-0.1, -0.05) is 6.07 Å². The predicted molar refractivity (Wildman–Crippen MR) is 87.6 cm³/mol. The molecule has 0 aliphatic carbocycles. The van der Waals surface area contributed by atoms with E-state index in [4.69, 9.17) is 5.11 Å². The number of rotatable bonds is 8. The summed E-state index contributed by atoms with van der Waals surface area (Å²) in [6.07, 6.45) is 0.684. The third-order valence-electron chi connectivity index (χ3n) is 2.95. The van der Waals surface area contributed by atoms with Crippen molar-refractivity contribution in [3.05, 3.63) is 34.4 Å². The van der Waals surface area contributed by atoms with Gasteiger partial charge in [0.05, 0.1) is 34.5 Å². The lowest BCUT2D eigenvalue weighted by molar-refractivity contribution is 0.0650. The van der Waals surface area contributed by atoms with Gasteiger partial charge in [-0.15, -0.1) is 0 Å². The van der Waals surface area contributed by atoms with E-state index in [-0.39, 0.29) is 24.1 Å². The Hall–Kier alpha value is -2.24. The first-order valence-corrected chi connectivity index (χ1v) is 7.03. The molecule has 0 saturated heterocycles. The number of carboxylic acids is 2. The Morgan fingerprint density at radius 2 is 1.59 bits per heavy atom. The van der Waals surface area contributed by atoms with Crippen LogP contribution in [0.4, 0.5) is 0 Å². The largest absolute Gasteiger partial charge is 0.478 e. The molecule has 1 rings (SSSR count). The van der Waals surface area contributed by atoms with Crippen LogP contribution < -0.4 is 0 Å². The average Bonchev–Trinajstić information content (AvgIpc) is 2.47. The van der Waals surface area contributed by atoms with Crippen LogP contribution in [0.1, 0.15) is 31.8 Å². The molecule has 0 saturated carbocycles. The van der Waals surface area contributed by atoms with E-state index in [2.05, 4.69) is 44.7 Å². The molecule has 1 aromatic carbocycles. The standard InChI is InChI=1S/C14H12N2O4S2/c17-13(18)11-2-1-9(3-5-15-7-21)10(4-6-16-8-22)12(11)14(19)20/h1-2H,3-6H2,(H,17,18)(H,19,20). The lowest BCUT2D eigenvalue weighted by atomic mass is 9.92. The Kier molecular flexibility index (Phi) is 7.22. The number of isothiocyanates is 2. The van der Waals surface area contributed by atoms with Crippen molar-refractivity contribution in [2.45, 2.75) is 12.8 Å². The zero-order chi connectivity index (χ0) is 16.5. The summed E-state index contributed by atoms with van der Waals surface area (Å²) in [5, 5.41) is 23.0. The molecule has 22 heavy (non-hydrogen) atoms. The topological polar surface area (TPSA) is 99.3 Å². The van der Waals surface area contributed by atoms with Gasteiger partial charge in [-0.25, -0.2) is 19.6 Å². The second kappa shape index (κ2) is 8.92. The summed E-state index contributed by atoms with van der Waals surface area (Å²) in [5.74, 6) is -2.58. The smallest absolute Gasteiger partial charge is 0.336 e. The molecule has 0 unspecified atom stereocenters. The Bertz CT molecular complexity index is 690. The van der Waals surface area contributed by atoms with Crippen LogP contribution in [0, 0.1) is 0 Å². The molecule has 0 aliphatic heterocycles. The van der Waals surface area contributed by atoms with Crippen molar-refractivity contribution >= 4 is 46.7 Å². The molecule has 0 heterocycles. The fourth-order valence-electron chi connectivity index (χ4n) is 2.07. The van der Waals surface area contributed by atoms with E-state index in [9.17, 15) is 14.7 Å². The van der Waals surface area contributed by atoms with Crippen LogP contribution in [-0.2, 0) is 12.8 Å². The van der Waals surface area contributed by atoms with Gasteiger partial charge in [0.2, 0.25) is 0 Å². The minimum absolute atomic E-state index is 0.226. The van der Waals surface area contributed by atoms with Gasteiger partial charge < -0.3 is 10.2 Å². The number of aromatic carboxylic acids is 2. The number of hydrogen-bond donors (Lipinski definition) is 2. The average molecular weight is 336 g/mol. The Balaban J connectivity index is 3.39. The second-order valence-electron chi connectivity index (χ2n) is 4.18. The molecule has 6 nitrogen and oxygen atoms in total. The van der Waals surface area contributed by atoms with Crippen LogP contribution in [0.25, 0.3) is 0 Å². The molecule has 1 aromatic rings. The van der Waals surface area contributed by atoms with E-state index in [1.165, 1.54) is 6.07 Å². The number of aliphatic imine (C=N–C) groups is 2. The van der Waals surface area contributed by atoms with Crippen LogP contribution in [0.2, 0.25) is 0 Å². The first kappa shape index (κ1) is 17.8. The molecule has 8 heteroatoms. The molecule has 2 N–H and O–H groups in total. The normalized spacial score (nSPS) is 9.45. The second-order valence-corrected chi connectivity index (χ2v) is 4.55. The monoisotopic (exact) mass is 336 g/mol. The highest BCUT2D eigenvalue weighted by Crippen LogP contribution is 2.22. The van der Waals surface area contributed by atoms with Crippen molar-refractivity contribution in [2.24, 2.45) is 9.98 Å². The molecule has 0 bridgehead atoms. The first-order valence-electron chi connectivity index (χ1n) is 6.21. The minimum Gasteiger partial charge on any atom is -0.478 e. The van der Waals surface area contributed by atoms with Gasteiger partial charge in [0, 0.05) is 0 Å². The van der Waals surface area contributed by atoms with Crippen LogP contribution in [-0.4, -0.2) is 45.6 Å². The molecule has 114 valence electrons. The molecular weight excluding hydrogens is 324 g/mol. The summed E-state index contributed by atoms with van der Waals surface area (Å²) in [6.45, 7) is 0.578. The lowest BCUT2D eigenvalue weighted by Gasteiger charge is -2.13. The Labute approximate surface area is 137 Å². The van der Waals surface area contributed by atoms with Gasteiger partial charge in [0.15, 0.2) is 0 Å². The number of nitrogens with zero attached hydrogens (tertiary/aromatic N) is 2. The maximum Gasteiger partial charge on any atom is 0.336 e. The van der Waals surface area contributed by atoms with Crippen LogP contribution in [0.3, 0.4) is 0 Å². The summed E-state index contributed by atoms with van der Waals surface area (Å²) < 4.78 is 0. The van der Waals surface area contributed by atoms with Crippen LogP contribution in [0.15, 0.2) is 22.1 Å². The summed E-state index contributed by atoms with van der Waals surface area (Å²) in [4.78, 5) is 30.2. The molecule has 0 amide bonds. The minimum atomic E-state index is -1.29. The van der Waals surface area contributed by atoms with Gasteiger partial charge in [0.25, 0.3) is 0 Å². The predicted octanol–water partition coefficient (Wildman–Crippen LogP) is 2.37. The molecule has 0 fully saturated rings. The van der Waals surface area contributed by atoms with Gasteiger partial charge >= 0.3 is 11.9 Å². The molecule has 0 spiro atoms. The van der Waals surface area contributed by atoms with E-state index in [0.717, 1.165) is 0 Å². The lowest BCUT2D eigenvalue weighted by Crippen LogP contribution is -2.15. The van der Waals surface area contributed by atoms with Crippen molar-refractivity contribution in [3.8, 4) is 0 Å². The SMILES string of the molecule is O=C(O)c1ccc(CCN=C=S)c(CCN=C=S)c1C(=O)O. The van der Waals surface area contributed by atoms with E-state index in [0.29, 0.717) is 24.1 Å². The molecule has 0 aliphatic rings. The summed E-state index contributed by atoms with van der Waals surface area (Å²) in [7, 11) is 0. The zero-order valence-electron chi connectivity index (χ0n) is 11.4. The van der Waals surface area contributed by atoms with Crippen molar-refractivity contribution < 1.29 is 19.8 Å². The van der Waals surface area contributed by atoms with Gasteiger partial charge in [-0.3, -0.25) is 0 Å². The highest BCUT2D eigenvalue weighted by molar-refractivity contribution is 7.78.